The Morgan fingerprint density at radius 3 is 2.75 bits per heavy atom. The number of benzene rings is 1. The summed E-state index contributed by atoms with van der Waals surface area (Å²) in [4.78, 5) is 23.4. The number of fused-ring (bicyclic) bond motifs is 1. The summed E-state index contributed by atoms with van der Waals surface area (Å²) in [6.45, 7) is 5.25. The molecule has 0 radical (unpaired) electrons. The highest BCUT2D eigenvalue weighted by Gasteiger charge is 2.47. The maximum absolute atomic E-state index is 12.8. The van der Waals surface area contributed by atoms with Crippen LogP contribution in [0.2, 0.25) is 0 Å². The zero-order chi connectivity index (χ0) is 22.2. The molecule has 7 heteroatoms. The Hall–Kier alpha value is -3.24. The minimum absolute atomic E-state index is 0.0196. The van der Waals surface area contributed by atoms with Gasteiger partial charge in [-0.25, -0.2) is 9.97 Å². The van der Waals surface area contributed by atoms with Crippen LogP contribution in [0.3, 0.4) is 0 Å². The van der Waals surface area contributed by atoms with Gasteiger partial charge >= 0.3 is 0 Å². The fourth-order valence-electron chi connectivity index (χ4n) is 5.17. The first kappa shape index (κ1) is 20.7. The number of amides is 1. The molecule has 1 N–H and O–H groups in total. The molecule has 0 unspecified atom stereocenters. The van der Waals surface area contributed by atoms with Crippen LogP contribution in [-0.2, 0) is 9.53 Å². The summed E-state index contributed by atoms with van der Waals surface area (Å²) in [7, 11) is 0. The van der Waals surface area contributed by atoms with Gasteiger partial charge in [0.25, 0.3) is 0 Å². The van der Waals surface area contributed by atoms with Crippen LogP contribution >= 0.6 is 0 Å². The number of rotatable bonds is 4. The molecule has 0 saturated heterocycles. The van der Waals surface area contributed by atoms with Gasteiger partial charge in [-0.15, -0.1) is 0 Å². The lowest BCUT2D eigenvalue weighted by Gasteiger charge is -2.46. The predicted octanol–water partition coefficient (Wildman–Crippen LogP) is 4.09. The summed E-state index contributed by atoms with van der Waals surface area (Å²) in [5.74, 6) is 1.43. The standard InChI is InChI=1S/C25H27N5O2/c1-15-24(29-23-14-27-20(12-26)13-28-23)21-11-19(17-7-9-32-10-8-17)5-6-22(21)30(16(2)31)25(15)18-3-4-18/h5-7,11,13-15,18,24-25H,3-4,8-10H2,1-2H3,(H,28,29)/t15-,24-,25-/m1/s1. The third-order valence-corrected chi connectivity index (χ3v) is 6.83. The van der Waals surface area contributed by atoms with Crippen molar-refractivity contribution in [1.29, 1.82) is 5.26 Å². The summed E-state index contributed by atoms with van der Waals surface area (Å²) >= 11 is 0. The van der Waals surface area contributed by atoms with Gasteiger partial charge in [0.15, 0.2) is 5.69 Å². The third kappa shape index (κ3) is 3.76. The Balaban J connectivity index is 1.59. The Morgan fingerprint density at radius 1 is 1.28 bits per heavy atom. The normalized spacial score (nSPS) is 24.8. The van der Waals surface area contributed by atoms with E-state index >= 15 is 0 Å². The minimum Gasteiger partial charge on any atom is -0.377 e. The van der Waals surface area contributed by atoms with Crippen molar-refractivity contribution >= 4 is 23.0 Å². The number of anilines is 2. The number of nitrogens with zero attached hydrogens (tertiary/aromatic N) is 4. The molecular weight excluding hydrogens is 402 g/mol. The summed E-state index contributed by atoms with van der Waals surface area (Å²) in [5, 5.41) is 12.6. The largest absolute Gasteiger partial charge is 0.377 e. The predicted molar refractivity (Wildman–Crippen MR) is 122 cm³/mol. The van der Waals surface area contributed by atoms with Gasteiger partial charge in [-0.05, 0) is 54.0 Å². The van der Waals surface area contributed by atoms with E-state index < -0.39 is 0 Å². The van der Waals surface area contributed by atoms with Crippen molar-refractivity contribution in [1.82, 2.24) is 9.97 Å². The van der Waals surface area contributed by atoms with Crippen molar-refractivity contribution in [3.05, 3.63) is 53.5 Å². The molecule has 0 spiro atoms. The van der Waals surface area contributed by atoms with Crippen LogP contribution in [0.15, 0.2) is 36.7 Å². The number of ether oxygens (including phenoxy) is 1. The van der Waals surface area contributed by atoms with Gasteiger partial charge < -0.3 is 15.0 Å². The average Bonchev–Trinajstić information content (AvgIpc) is 3.66. The van der Waals surface area contributed by atoms with Gasteiger partial charge in [-0.3, -0.25) is 4.79 Å². The first-order chi connectivity index (χ1) is 15.6. The fraction of sp³-hybridized carbons (Fsp3) is 0.440. The van der Waals surface area contributed by atoms with Gasteiger partial charge in [-0.1, -0.05) is 19.1 Å². The van der Waals surface area contributed by atoms with Crippen LogP contribution in [0, 0.1) is 23.2 Å². The monoisotopic (exact) mass is 429 g/mol. The van der Waals surface area contributed by atoms with Crippen molar-refractivity contribution in [2.24, 2.45) is 11.8 Å². The minimum atomic E-state index is -0.0196. The molecule has 164 valence electrons. The topological polar surface area (TPSA) is 91.1 Å². The van der Waals surface area contributed by atoms with Gasteiger partial charge in [0.1, 0.15) is 11.9 Å². The van der Waals surface area contributed by atoms with Crippen LogP contribution in [0.1, 0.15) is 56.0 Å². The van der Waals surface area contributed by atoms with E-state index in [9.17, 15) is 4.79 Å². The lowest BCUT2D eigenvalue weighted by atomic mass is 9.79. The summed E-state index contributed by atoms with van der Waals surface area (Å²) in [5.41, 5.74) is 4.82. The zero-order valence-electron chi connectivity index (χ0n) is 18.4. The van der Waals surface area contributed by atoms with E-state index in [1.165, 1.54) is 17.3 Å². The molecular formula is C25H27N5O2. The Labute approximate surface area is 188 Å². The molecule has 1 aromatic carbocycles. The van der Waals surface area contributed by atoms with Gasteiger partial charge in [-0.2, -0.15) is 5.26 Å². The lowest BCUT2D eigenvalue weighted by molar-refractivity contribution is -0.117. The molecule has 1 saturated carbocycles. The molecule has 2 aromatic rings. The number of hydrogen-bond donors (Lipinski definition) is 1. The number of nitrogens with one attached hydrogen (secondary N) is 1. The first-order valence-electron chi connectivity index (χ1n) is 11.3. The molecule has 2 aliphatic heterocycles. The second-order valence-electron chi connectivity index (χ2n) is 8.92. The highest BCUT2D eigenvalue weighted by Crippen LogP contribution is 2.50. The van der Waals surface area contributed by atoms with Crippen molar-refractivity contribution in [2.45, 2.75) is 45.2 Å². The van der Waals surface area contributed by atoms with Crippen molar-refractivity contribution in [3.8, 4) is 6.07 Å². The average molecular weight is 430 g/mol. The molecule has 5 rings (SSSR count). The molecule has 3 atom stereocenters. The number of carbonyl (C=O) groups excluding carboxylic acids is 1. The van der Waals surface area contributed by atoms with Gasteiger partial charge in [0.05, 0.1) is 31.6 Å². The molecule has 3 heterocycles. The van der Waals surface area contributed by atoms with Gasteiger partial charge in [0, 0.05) is 24.6 Å². The lowest BCUT2D eigenvalue weighted by Crippen LogP contribution is -2.51. The molecule has 0 bridgehead atoms. The quantitative estimate of drug-likeness (QED) is 0.787. The molecule has 32 heavy (non-hydrogen) atoms. The highest BCUT2D eigenvalue weighted by atomic mass is 16.5. The van der Waals surface area contributed by atoms with E-state index in [0.29, 0.717) is 24.0 Å². The second-order valence-corrected chi connectivity index (χ2v) is 8.92. The van der Waals surface area contributed by atoms with E-state index in [1.807, 2.05) is 11.0 Å². The Morgan fingerprint density at radius 2 is 2.12 bits per heavy atom. The maximum Gasteiger partial charge on any atom is 0.224 e. The summed E-state index contributed by atoms with van der Waals surface area (Å²) in [6, 6.07) is 8.59. The van der Waals surface area contributed by atoms with E-state index in [4.69, 9.17) is 10.00 Å². The van der Waals surface area contributed by atoms with Crippen LogP contribution in [-0.4, -0.2) is 35.1 Å². The van der Waals surface area contributed by atoms with E-state index in [1.54, 1.807) is 13.1 Å². The van der Waals surface area contributed by atoms with Crippen molar-refractivity contribution in [2.75, 3.05) is 23.4 Å². The molecule has 1 amide bonds. The van der Waals surface area contributed by atoms with Crippen molar-refractivity contribution in [3.63, 3.8) is 0 Å². The zero-order valence-corrected chi connectivity index (χ0v) is 18.4. The molecule has 1 fully saturated rings. The van der Waals surface area contributed by atoms with Crippen molar-refractivity contribution < 1.29 is 9.53 Å². The number of carbonyl (C=O) groups is 1. The second kappa shape index (κ2) is 8.36. The Kier molecular flexibility index (Phi) is 5.40. The smallest absolute Gasteiger partial charge is 0.224 e. The molecule has 3 aliphatic rings. The number of hydrogen-bond acceptors (Lipinski definition) is 6. The number of nitriles is 1. The SMILES string of the molecule is CC(=O)N1c2ccc(C3=CCOCC3)cc2[C@H](Nc2cnc(C#N)cn2)[C@@H](C)[C@@H]1C1CC1. The van der Waals surface area contributed by atoms with Crippen LogP contribution in [0.25, 0.3) is 5.57 Å². The Bertz CT molecular complexity index is 1100. The van der Waals surface area contributed by atoms with Crippen LogP contribution in [0.4, 0.5) is 11.5 Å². The molecule has 1 aromatic heterocycles. The third-order valence-electron chi connectivity index (χ3n) is 6.83. The molecule has 7 nitrogen and oxygen atoms in total. The maximum atomic E-state index is 12.8. The fourth-order valence-corrected chi connectivity index (χ4v) is 5.17. The van der Waals surface area contributed by atoms with E-state index in [2.05, 4.69) is 46.5 Å². The highest BCUT2D eigenvalue weighted by molar-refractivity contribution is 5.94. The van der Waals surface area contributed by atoms with Crippen LogP contribution < -0.4 is 10.2 Å². The first-order valence-corrected chi connectivity index (χ1v) is 11.3. The number of aromatic nitrogens is 2. The van der Waals surface area contributed by atoms with Crippen LogP contribution in [0.5, 0.6) is 0 Å². The van der Waals surface area contributed by atoms with Gasteiger partial charge in [0.2, 0.25) is 5.91 Å². The summed E-state index contributed by atoms with van der Waals surface area (Å²) < 4.78 is 5.49. The van der Waals surface area contributed by atoms with E-state index in [-0.39, 0.29) is 23.9 Å². The molecule has 1 aliphatic carbocycles. The van der Waals surface area contributed by atoms with E-state index in [0.717, 1.165) is 37.1 Å². The summed E-state index contributed by atoms with van der Waals surface area (Å²) in [6.07, 6.45) is 8.43.